The summed E-state index contributed by atoms with van der Waals surface area (Å²) in [5.41, 5.74) is 6.34. The third-order valence-corrected chi connectivity index (χ3v) is 3.26. The lowest BCUT2D eigenvalue weighted by Gasteiger charge is -2.02. The molecule has 1 heterocycles. The Balaban J connectivity index is 2.31. The molecule has 1 amide bonds. The highest BCUT2D eigenvalue weighted by atomic mass is 32.1. The van der Waals surface area contributed by atoms with Crippen molar-refractivity contribution >= 4 is 23.2 Å². The van der Waals surface area contributed by atoms with Gasteiger partial charge < -0.3 is 10.5 Å². The average Bonchev–Trinajstić information content (AvgIpc) is 2.79. The van der Waals surface area contributed by atoms with E-state index >= 15 is 0 Å². The van der Waals surface area contributed by atoms with Crippen LogP contribution >= 0.6 is 11.3 Å². The second-order valence-electron chi connectivity index (χ2n) is 3.82. The van der Waals surface area contributed by atoms with Gasteiger partial charge in [-0.25, -0.2) is 9.78 Å². The Morgan fingerprint density at radius 2 is 2.00 bits per heavy atom. The number of hydrogen-bond acceptors (Lipinski definition) is 5. The molecule has 19 heavy (non-hydrogen) atoms. The second kappa shape index (κ2) is 5.62. The molecule has 2 N–H and O–H groups in total. The van der Waals surface area contributed by atoms with Crippen LogP contribution in [0.1, 0.15) is 14.7 Å². The van der Waals surface area contributed by atoms with E-state index in [0.29, 0.717) is 10.6 Å². The first-order valence-electron chi connectivity index (χ1n) is 5.56. The number of aromatic nitrogens is 1. The molecular weight excluding hydrogens is 264 g/mol. The van der Waals surface area contributed by atoms with Crippen LogP contribution in [0.15, 0.2) is 30.3 Å². The molecule has 0 radical (unpaired) electrons. The van der Waals surface area contributed by atoms with Gasteiger partial charge in [-0.2, -0.15) is 0 Å². The number of nitrogens with zero attached hydrogens (tertiary/aromatic N) is 1. The van der Waals surface area contributed by atoms with Gasteiger partial charge in [0, 0.05) is 5.56 Å². The number of carbonyl (C=O) groups excluding carboxylic acids is 2. The fourth-order valence-electron chi connectivity index (χ4n) is 1.56. The van der Waals surface area contributed by atoms with Gasteiger partial charge in [-0.1, -0.05) is 30.3 Å². The lowest BCUT2D eigenvalue weighted by molar-refractivity contribution is -0.121. The van der Waals surface area contributed by atoms with Crippen molar-refractivity contribution in [3.05, 3.63) is 40.2 Å². The first-order chi connectivity index (χ1) is 9.08. The molecule has 0 aliphatic rings. The maximum Gasteiger partial charge on any atom is 0.351 e. The number of hydrogen-bond donors (Lipinski definition) is 1. The third kappa shape index (κ3) is 3.17. The molecule has 0 atom stereocenters. The molecule has 0 saturated heterocycles. The van der Waals surface area contributed by atoms with E-state index in [9.17, 15) is 9.59 Å². The maximum absolute atomic E-state index is 11.9. The van der Waals surface area contributed by atoms with E-state index < -0.39 is 18.5 Å². The Hall–Kier alpha value is -2.21. The number of benzene rings is 1. The largest absolute Gasteiger partial charge is 0.451 e. The number of aryl methyl sites for hydroxylation is 1. The van der Waals surface area contributed by atoms with E-state index in [-0.39, 0.29) is 0 Å². The highest BCUT2D eigenvalue weighted by Gasteiger charge is 2.19. The molecular formula is C13H12N2O3S. The summed E-state index contributed by atoms with van der Waals surface area (Å²) in [6, 6.07) is 9.33. The van der Waals surface area contributed by atoms with Gasteiger partial charge in [-0.15, -0.1) is 11.3 Å². The summed E-state index contributed by atoms with van der Waals surface area (Å²) in [6.07, 6.45) is 0. The fourth-order valence-corrected chi connectivity index (χ4v) is 2.39. The number of primary amides is 1. The zero-order valence-electron chi connectivity index (χ0n) is 10.3. The minimum Gasteiger partial charge on any atom is -0.451 e. The van der Waals surface area contributed by atoms with Crippen LogP contribution in [0.3, 0.4) is 0 Å². The molecule has 0 saturated carbocycles. The molecule has 0 fully saturated rings. The minimum absolute atomic E-state index is 0.380. The van der Waals surface area contributed by atoms with Gasteiger partial charge in [0.15, 0.2) is 6.61 Å². The van der Waals surface area contributed by atoms with Crippen molar-refractivity contribution in [3.8, 4) is 11.3 Å². The molecule has 0 aliphatic heterocycles. The van der Waals surface area contributed by atoms with Gasteiger partial charge in [0.25, 0.3) is 5.91 Å². The smallest absolute Gasteiger partial charge is 0.351 e. The Morgan fingerprint density at radius 3 is 2.63 bits per heavy atom. The van der Waals surface area contributed by atoms with Crippen LogP contribution in [0.4, 0.5) is 0 Å². The van der Waals surface area contributed by atoms with Gasteiger partial charge in [0.05, 0.1) is 10.7 Å². The van der Waals surface area contributed by atoms with Gasteiger partial charge >= 0.3 is 5.97 Å². The number of amides is 1. The summed E-state index contributed by atoms with van der Waals surface area (Å²) < 4.78 is 4.82. The number of nitrogens with two attached hydrogens (primary N) is 1. The summed E-state index contributed by atoms with van der Waals surface area (Å²) >= 11 is 1.23. The average molecular weight is 276 g/mol. The lowest BCUT2D eigenvalue weighted by Crippen LogP contribution is -2.20. The molecule has 1 aromatic carbocycles. The van der Waals surface area contributed by atoms with Crippen molar-refractivity contribution in [2.75, 3.05) is 6.61 Å². The highest BCUT2D eigenvalue weighted by Crippen LogP contribution is 2.28. The standard InChI is InChI=1S/C13H12N2O3S/c1-8-15-11(9-5-3-2-4-6-9)12(19-8)13(17)18-7-10(14)16/h2-6H,7H2,1H3,(H2,14,16). The predicted octanol–water partition coefficient (Wildman–Crippen LogP) is 1.76. The van der Waals surface area contributed by atoms with Crippen molar-refractivity contribution in [1.82, 2.24) is 4.98 Å². The second-order valence-corrected chi connectivity index (χ2v) is 5.02. The summed E-state index contributed by atoms with van der Waals surface area (Å²) in [6.45, 7) is 1.38. The molecule has 2 rings (SSSR count). The Morgan fingerprint density at radius 1 is 1.32 bits per heavy atom. The maximum atomic E-state index is 11.9. The number of esters is 1. The lowest BCUT2D eigenvalue weighted by atomic mass is 10.1. The highest BCUT2D eigenvalue weighted by molar-refractivity contribution is 7.14. The summed E-state index contributed by atoms with van der Waals surface area (Å²) in [5, 5.41) is 0.755. The molecule has 2 aromatic rings. The third-order valence-electron chi connectivity index (χ3n) is 2.31. The molecule has 6 heteroatoms. The number of rotatable bonds is 4. The molecule has 0 aliphatic carbocycles. The monoisotopic (exact) mass is 276 g/mol. The van der Waals surface area contributed by atoms with E-state index in [1.807, 2.05) is 37.3 Å². The molecule has 5 nitrogen and oxygen atoms in total. The van der Waals surface area contributed by atoms with Crippen LogP contribution in [0.25, 0.3) is 11.3 Å². The van der Waals surface area contributed by atoms with E-state index in [1.165, 1.54) is 11.3 Å². The molecule has 1 aromatic heterocycles. The first kappa shape index (κ1) is 13.2. The molecule has 98 valence electrons. The van der Waals surface area contributed by atoms with E-state index in [0.717, 1.165) is 10.6 Å². The van der Waals surface area contributed by atoms with Gasteiger partial charge in [0.1, 0.15) is 4.88 Å². The van der Waals surface area contributed by atoms with E-state index in [2.05, 4.69) is 4.98 Å². The Bertz CT molecular complexity index is 608. The molecule has 0 unspecified atom stereocenters. The van der Waals surface area contributed by atoms with Crippen LogP contribution < -0.4 is 5.73 Å². The Kier molecular flexibility index (Phi) is 3.91. The van der Waals surface area contributed by atoms with Crippen molar-refractivity contribution in [1.29, 1.82) is 0 Å². The number of thiazole rings is 1. The zero-order chi connectivity index (χ0) is 13.8. The van der Waals surface area contributed by atoms with Crippen LogP contribution in [0, 0.1) is 6.92 Å². The number of carbonyl (C=O) groups is 2. The summed E-state index contributed by atoms with van der Waals surface area (Å²) in [5.74, 6) is -1.26. The minimum atomic E-state index is -0.684. The van der Waals surface area contributed by atoms with Crippen molar-refractivity contribution in [2.24, 2.45) is 5.73 Å². The molecule has 0 spiro atoms. The predicted molar refractivity (Wildman–Crippen MR) is 71.8 cm³/mol. The van der Waals surface area contributed by atoms with Crippen LogP contribution in [-0.2, 0) is 9.53 Å². The van der Waals surface area contributed by atoms with E-state index in [4.69, 9.17) is 10.5 Å². The van der Waals surface area contributed by atoms with Gasteiger partial charge in [-0.05, 0) is 6.92 Å². The van der Waals surface area contributed by atoms with Gasteiger partial charge in [-0.3, -0.25) is 4.79 Å². The van der Waals surface area contributed by atoms with Crippen LogP contribution in [0.5, 0.6) is 0 Å². The van der Waals surface area contributed by atoms with Crippen molar-refractivity contribution in [2.45, 2.75) is 6.92 Å². The van der Waals surface area contributed by atoms with Crippen molar-refractivity contribution in [3.63, 3.8) is 0 Å². The van der Waals surface area contributed by atoms with Crippen LogP contribution in [-0.4, -0.2) is 23.5 Å². The van der Waals surface area contributed by atoms with Gasteiger partial charge in [0.2, 0.25) is 0 Å². The number of ether oxygens (including phenoxy) is 1. The summed E-state index contributed by atoms with van der Waals surface area (Å²) in [4.78, 5) is 27.2. The fraction of sp³-hybridized carbons (Fsp3) is 0.154. The normalized spacial score (nSPS) is 10.2. The van der Waals surface area contributed by atoms with Crippen LogP contribution in [0.2, 0.25) is 0 Å². The first-order valence-corrected chi connectivity index (χ1v) is 6.38. The quantitative estimate of drug-likeness (QED) is 0.863. The SMILES string of the molecule is Cc1nc(-c2ccccc2)c(C(=O)OCC(N)=O)s1. The topological polar surface area (TPSA) is 82.3 Å². The zero-order valence-corrected chi connectivity index (χ0v) is 11.1. The van der Waals surface area contributed by atoms with Crippen molar-refractivity contribution < 1.29 is 14.3 Å². The summed E-state index contributed by atoms with van der Waals surface area (Å²) in [7, 11) is 0. The molecule has 0 bridgehead atoms. The Labute approximate surface area is 114 Å². The van der Waals surface area contributed by atoms with E-state index in [1.54, 1.807) is 0 Å².